The van der Waals surface area contributed by atoms with E-state index in [0.717, 1.165) is 18.2 Å². The molecular formula is C10H9F4NO2. The van der Waals surface area contributed by atoms with E-state index in [-0.39, 0.29) is 11.4 Å². The second-order valence-corrected chi connectivity index (χ2v) is 3.33. The number of amides is 1. The predicted octanol–water partition coefficient (Wildman–Crippen LogP) is 2.81. The zero-order chi connectivity index (χ0) is 13.1. The summed E-state index contributed by atoms with van der Waals surface area (Å²) >= 11 is 0. The van der Waals surface area contributed by atoms with Crippen LogP contribution in [0.25, 0.3) is 0 Å². The average Bonchev–Trinajstić information content (AvgIpc) is 2.18. The summed E-state index contributed by atoms with van der Waals surface area (Å²) in [6.07, 6.45) is -6.47. The summed E-state index contributed by atoms with van der Waals surface area (Å²) in [5.41, 5.74) is -0.269. The van der Waals surface area contributed by atoms with Gasteiger partial charge >= 0.3 is 6.18 Å². The Morgan fingerprint density at radius 2 is 2.00 bits per heavy atom. The highest BCUT2D eigenvalue weighted by atomic mass is 19.4. The SMILES string of the molecule is O=C(CCC(F)(F)F)Nc1ccc(O)cc1F. The smallest absolute Gasteiger partial charge is 0.389 e. The Hall–Kier alpha value is -1.79. The summed E-state index contributed by atoms with van der Waals surface area (Å²) in [6, 6.07) is 2.93. The lowest BCUT2D eigenvalue weighted by molar-refractivity contribution is -0.142. The van der Waals surface area contributed by atoms with E-state index in [1.807, 2.05) is 5.32 Å². The second-order valence-electron chi connectivity index (χ2n) is 3.33. The van der Waals surface area contributed by atoms with Crippen LogP contribution in [0.4, 0.5) is 23.2 Å². The van der Waals surface area contributed by atoms with Crippen molar-refractivity contribution in [2.45, 2.75) is 19.0 Å². The van der Waals surface area contributed by atoms with Crippen molar-refractivity contribution in [3.63, 3.8) is 0 Å². The molecule has 0 aromatic heterocycles. The van der Waals surface area contributed by atoms with Crippen molar-refractivity contribution in [2.24, 2.45) is 0 Å². The number of nitrogens with one attached hydrogen (secondary N) is 1. The van der Waals surface area contributed by atoms with E-state index in [2.05, 4.69) is 0 Å². The van der Waals surface area contributed by atoms with Gasteiger partial charge in [-0.3, -0.25) is 4.79 Å². The molecule has 0 saturated carbocycles. The Morgan fingerprint density at radius 3 is 2.53 bits per heavy atom. The number of phenols is 1. The van der Waals surface area contributed by atoms with Crippen molar-refractivity contribution < 1.29 is 27.5 Å². The van der Waals surface area contributed by atoms with E-state index in [1.165, 1.54) is 0 Å². The molecule has 94 valence electrons. The van der Waals surface area contributed by atoms with Crippen LogP contribution in [0.1, 0.15) is 12.8 Å². The number of benzene rings is 1. The number of carbonyl (C=O) groups is 1. The number of carbonyl (C=O) groups excluding carboxylic acids is 1. The van der Waals surface area contributed by atoms with E-state index in [1.54, 1.807) is 0 Å². The number of phenolic OH excluding ortho intramolecular Hbond substituents is 1. The molecule has 1 amide bonds. The molecule has 3 nitrogen and oxygen atoms in total. The summed E-state index contributed by atoms with van der Waals surface area (Å²) in [6.45, 7) is 0. The molecule has 7 heteroatoms. The van der Waals surface area contributed by atoms with Crippen molar-refractivity contribution in [2.75, 3.05) is 5.32 Å². The lowest BCUT2D eigenvalue weighted by Gasteiger charge is -2.08. The van der Waals surface area contributed by atoms with Gasteiger partial charge in [-0.05, 0) is 12.1 Å². The van der Waals surface area contributed by atoms with Gasteiger partial charge in [0.15, 0.2) is 0 Å². The molecule has 0 aliphatic carbocycles. The van der Waals surface area contributed by atoms with Crippen LogP contribution < -0.4 is 5.32 Å². The molecular weight excluding hydrogens is 242 g/mol. The maximum Gasteiger partial charge on any atom is 0.389 e. The molecule has 0 heterocycles. The summed E-state index contributed by atoms with van der Waals surface area (Å²) in [5.74, 6) is -2.19. The summed E-state index contributed by atoms with van der Waals surface area (Å²) in [4.78, 5) is 11.1. The van der Waals surface area contributed by atoms with Crippen LogP contribution in [-0.2, 0) is 4.79 Å². The fourth-order valence-corrected chi connectivity index (χ4v) is 1.07. The summed E-state index contributed by atoms with van der Waals surface area (Å²) < 4.78 is 48.5. The number of rotatable bonds is 3. The molecule has 17 heavy (non-hydrogen) atoms. The molecule has 0 bridgehead atoms. The van der Waals surface area contributed by atoms with Gasteiger partial charge in [-0.25, -0.2) is 4.39 Å². The van der Waals surface area contributed by atoms with Crippen LogP contribution in [0.3, 0.4) is 0 Å². The van der Waals surface area contributed by atoms with Gasteiger partial charge in [0.2, 0.25) is 5.91 Å². The van der Waals surface area contributed by atoms with Crippen molar-refractivity contribution in [3.05, 3.63) is 24.0 Å². The van der Waals surface area contributed by atoms with Gasteiger partial charge in [-0.2, -0.15) is 13.2 Å². The van der Waals surface area contributed by atoms with Crippen LogP contribution in [0.15, 0.2) is 18.2 Å². The topological polar surface area (TPSA) is 49.3 Å². The van der Waals surface area contributed by atoms with Gasteiger partial charge in [0.25, 0.3) is 0 Å². The highest BCUT2D eigenvalue weighted by Crippen LogP contribution is 2.23. The van der Waals surface area contributed by atoms with Crippen molar-refractivity contribution in [1.29, 1.82) is 0 Å². The Balaban J connectivity index is 2.57. The van der Waals surface area contributed by atoms with Gasteiger partial charge in [0, 0.05) is 12.5 Å². The number of halogens is 4. The normalized spacial score (nSPS) is 11.3. The van der Waals surface area contributed by atoms with E-state index in [0.29, 0.717) is 0 Å². The second kappa shape index (κ2) is 5.03. The summed E-state index contributed by atoms with van der Waals surface area (Å²) in [7, 11) is 0. The quantitative estimate of drug-likeness (QED) is 0.641. The highest BCUT2D eigenvalue weighted by Gasteiger charge is 2.27. The van der Waals surface area contributed by atoms with Crippen molar-refractivity contribution in [1.82, 2.24) is 0 Å². The largest absolute Gasteiger partial charge is 0.508 e. The number of hydrogen-bond donors (Lipinski definition) is 2. The predicted molar refractivity (Wildman–Crippen MR) is 52.0 cm³/mol. The molecule has 1 aromatic carbocycles. The Kier molecular flexibility index (Phi) is 3.93. The molecule has 0 aliphatic heterocycles. The number of alkyl halides is 3. The zero-order valence-corrected chi connectivity index (χ0v) is 8.51. The molecule has 0 aliphatic rings. The first kappa shape index (κ1) is 13.3. The monoisotopic (exact) mass is 251 g/mol. The molecule has 0 unspecified atom stereocenters. The Labute approximate surface area is 94.1 Å². The Bertz CT molecular complexity index is 417. The highest BCUT2D eigenvalue weighted by molar-refractivity contribution is 5.90. The van der Waals surface area contributed by atoms with Gasteiger partial charge in [0.1, 0.15) is 11.6 Å². The third-order valence-corrected chi connectivity index (χ3v) is 1.86. The average molecular weight is 251 g/mol. The zero-order valence-electron chi connectivity index (χ0n) is 8.51. The minimum absolute atomic E-state index is 0.269. The lowest BCUT2D eigenvalue weighted by Crippen LogP contribution is -2.17. The van der Waals surface area contributed by atoms with Crippen molar-refractivity contribution in [3.8, 4) is 5.75 Å². The first-order chi connectivity index (χ1) is 7.78. The minimum atomic E-state index is -4.43. The molecule has 1 rings (SSSR count). The molecule has 0 fully saturated rings. The van der Waals surface area contributed by atoms with Gasteiger partial charge < -0.3 is 10.4 Å². The maximum absolute atomic E-state index is 13.1. The van der Waals surface area contributed by atoms with Gasteiger partial charge in [-0.1, -0.05) is 0 Å². The molecule has 1 aromatic rings. The number of aromatic hydroxyl groups is 1. The van der Waals surface area contributed by atoms with Crippen LogP contribution in [-0.4, -0.2) is 17.2 Å². The van der Waals surface area contributed by atoms with Crippen LogP contribution in [0, 0.1) is 5.82 Å². The lowest BCUT2D eigenvalue weighted by atomic mass is 10.2. The first-order valence-electron chi connectivity index (χ1n) is 4.63. The molecule has 2 N–H and O–H groups in total. The van der Waals surface area contributed by atoms with E-state index >= 15 is 0 Å². The summed E-state index contributed by atoms with van der Waals surface area (Å²) in [5, 5.41) is 10.9. The Morgan fingerprint density at radius 1 is 1.35 bits per heavy atom. The fraction of sp³-hybridized carbons (Fsp3) is 0.300. The van der Waals surface area contributed by atoms with Crippen LogP contribution in [0.2, 0.25) is 0 Å². The molecule has 0 radical (unpaired) electrons. The standard InChI is InChI=1S/C10H9F4NO2/c11-7-5-6(16)1-2-8(7)15-9(17)3-4-10(12,13)14/h1-2,5,16H,3-4H2,(H,15,17). The number of anilines is 1. The van der Waals surface area contributed by atoms with Gasteiger partial charge in [0.05, 0.1) is 12.1 Å². The molecule has 0 spiro atoms. The number of hydrogen-bond acceptors (Lipinski definition) is 2. The van der Waals surface area contributed by atoms with Crippen LogP contribution >= 0.6 is 0 Å². The van der Waals surface area contributed by atoms with Crippen LogP contribution in [0.5, 0.6) is 5.75 Å². The van der Waals surface area contributed by atoms with E-state index < -0.39 is 30.7 Å². The van der Waals surface area contributed by atoms with Gasteiger partial charge in [-0.15, -0.1) is 0 Å². The van der Waals surface area contributed by atoms with E-state index in [9.17, 15) is 22.4 Å². The fourth-order valence-electron chi connectivity index (χ4n) is 1.07. The van der Waals surface area contributed by atoms with E-state index in [4.69, 9.17) is 5.11 Å². The first-order valence-corrected chi connectivity index (χ1v) is 4.63. The third kappa shape index (κ3) is 4.71. The molecule has 0 saturated heterocycles. The molecule has 0 atom stereocenters. The third-order valence-electron chi connectivity index (χ3n) is 1.86. The maximum atomic E-state index is 13.1. The van der Waals surface area contributed by atoms with Crippen molar-refractivity contribution >= 4 is 11.6 Å². The minimum Gasteiger partial charge on any atom is -0.508 e.